The van der Waals surface area contributed by atoms with Gasteiger partial charge in [-0.15, -0.1) is 5.11 Å². The van der Waals surface area contributed by atoms with Crippen LogP contribution < -0.4 is 4.18 Å². The molecule has 0 spiro atoms. The van der Waals surface area contributed by atoms with E-state index < -0.39 is 10.1 Å². The molecule has 0 aliphatic carbocycles. The van der Waals surface area contributed by atoms with Crippen LogP contribution in [0.2, 0.25) is 0 Å². The minimum Gasteiger partial charge on any atom is -0.508 e. The number of rotatable bonds is 5. The number of hydrogen-bond acceptors (Lipinski definition) is 6. The lowest BCUT2D eigenvalue weighted by atomic mass is 10.2. The number of phenols is 1. The van der Waals surface area contributed by atoms with Crippen LogP contribution in [0.15, 0.2) is 87.9 Å². The molecule has 132 valence electrons. The predicted molar refractivity (Wildman–Crippen MR) is 97.7 cm³/mol. The van der Waals surface area contributed by atoms with Crippen LogP contribution in [0.1, 0.15) is 5.56 Å². The highest BCUT2D eigenvalue weighted by molar-refractivity contribution is 7.87. The molecule has 0 aliphatic heterocycles. The molecule has 0 heterocycles. The minimum atomic E-state index is -3.98. The fraction of sp³-hybridized carbons (Fsp3) is 0.0526. The maximum Gasteiger partial charge on any atom is 0.339 e. The molecular formula is C19H16N2O4S. The Labute approximate surface area is 151 Å². The van der Waals surface area contributed by atoms with E-state index in [0.717, 1.165) is 5.56 Å². The lowest BCUT2D eigenvalue weighted by molar-refractivity contribution is 0.475. The molecule has 0 unspecified atom stereocenters. The van der Waals surface area contributed by atoms with Crippen molar-refractivity contribution >= 4 is 21.5 Å². The van der Waals surface area contributed by atoms with Gasteiger partial charge >= 0.3 is 10.1 Å². The lowest BCUT2D eigenvalue weighted by Crippen LogP contribution is -2.09. The van der Waals surface area contributed by atoms with Crippen LogP contribution in [0, 0.1) is 6.92 Å². The predicted octanol–water partition coefficient (Wildman–Crippen LogP) is 4.88. The zero-order valence-electron chi connectivity index (χ0n) is 13.9. The SMILES string of the molecule is Cc1ccc(S(=O)(=O)Oc2ccccc2N=Nc2ccc(O)cc2)cc1. The largest absolute Gasteiger partial charge is 0.508 e. The maximum absolute atomic E-state index is 12.5. The second-order valence-corrected chi connectivity index (χ2v) is 7.08. The molecule has 26 heavy (non-hydrogen) atoms. The average Bonchev–Trinajstić information content (AvgIpc) is 2.62. The average molecular weight is 368 g/mol. The molecule has 0 radical (unpaired) electrons. The van der Waals surface area contributed by atoms with Crippen molar-refractivity contribution in [1.82, 2.24) is 0 Å². The molecule has 0 saturated carbocycles. The molecule has 6 nitrogen and oxygen atoms in total. The Morgan fingerprint density at radius 3 is 2.19 bits per heavy atom. The van der Waals surface area contributed by atoms with Gasteiger partial charge in [0.2, 0.25) is 0 Å². The normalized spacial score (nSPS) is 11.6. The summed E-state index contributed by atoms with van der Waals surface area (Å²) in [5, 5.41) is 17.4. The standard InChI is InChI=1S/C19H16N2O4S/c1-14-6-12-17(13-7-14)26(23,24)25-19-5-3-2-4-18(19)21-20-15-8-10-16(22)11-9-15/h2-13,22H,1H3. The van der Waals surface area contributed by atoms with E-state index in [1.807, 2.05) is 6.92 Å². The number of nitrogens with zero attached hydrogens (tertiary/aromatic N) is 2. The molecule has 3 aromatic rings. The molecule has 3 rings (SSSR count). The van der Waals surface area contributed by atoms with Crippen molar-refractivity contribution in [3.8, 4) is 11.5 Å². The second-order valence-electron chi connectivity index (χ2n) is 5.53. The molecule has 0 aromatic heterocycles. The van der Waals surface area contributed by atoms with Crippen LogP contribution >= 0.6 is 0 Å². The summed E-state index contributed by atoms with van der Waals surface area (Å²) in [5.41, 5.74) is 1.74. The molecule has 0 aliphatic rings. The Morgan fingerprint density at radius 2 is 1.50 bits per heavy atom. The van der Waals surface area contributed by atoms with Crippen LogP contribution in [0.4, 0.5) is 11.4 Å². The van der Waals surface area contributed by atoms with Gasteiger partial charge in [0.05, 0.1) is 5.69 Å². The molecular weight excluding hydrogens is 352 g/mol. The number of para-hydroxylation sites is 1. The van der Waals surface area contributed by atoms with Crippen molar-refractivity contribution < 1.29 is 17.7 Å². The first-order chi connectivity index (χ1) is 12.4. The van der Waals surface area contributed by atoms with Crippen molar-refractivity contribution in [3.63, 3.8) is 0 Å². The molecule has 3 aromatic carbocycles. The van der Waals surface area contributed by atoms with Crippen LogP contribution in [-0.4, -0.2) is 13.5 Å². The summed E-state index contributed by atoms with van der Waals surface area (Å²) >= 11 is 0. The summed E-state index contributed by atoms with van der Waals surface area (Å²) in [4.78, 5) is 0.0633. The first kappa shape index (κ1) is 17.6. The fourth-order valence-electron chi connectivity index (χ4n) is 2.11. The topological polar surface area (TPSA) is 88.3 Å². The number of aromatic hydroxyl groups is 1. The van der Waals surface area contributed by atoms with E-state index in [9.17, 15) is 13.5 Å². The van der Waals surface area contributed by atoms with E-state index in [-0.39, 0.29) is 22.1 Å². The highest BCUT2D eigenvalue weighted by atomic mass is 32.2. The summed E-state index contributed by atoms with van der Waals surface area (Å²) < 4.78 is 30.2. The van der Waals surface area contributed by atoms with Gasteiger partial charge in [0.15, 0.2) is 5.75 Å². The summed E-state index contributed by atoms with van der Waals surface area (Å²) in [7, 11) is -3.98. The third kappa shape index (κ3) is 4.25. The smallest absolute Gasteiger partial charge is 0.339 e. The van der Waals surface area contributed by atoms with Crippen LogP contribution in [-0.2, 0) is 10.1 Å². The summed E-state index contributed by atoms with van der Waals surface area (Å²) in [6.07, 6.45) is 0. The van der Waals surface area contributed by atoms with Crippen LogP contribution in [0.25, 0.3) is 0 Å². The summed E-state index contributed by atoms with van der Waals surface area (Å²) in [6.45, 7) is 1.87. The Morgan fingerprint density at radius 1 is 0.846 bits per heavy atom. The monoisotopic (exact) mass is 368 g/mol. The molecule has 0 fully saturated rings. The van der Waals surface area contributed by atoms with Gasteiger partial charge in [0.25, 0.3) is 0 Å². The zero-order chi connectivity index (χ0) is 18.6. The van der Waals surface area contributed by atoms with Gasteiger partial charge in [-0.05, 0) is 55.5 Å². The first-order valence-corrected chi connectivity index (χ1v) is 9.16. The van der Waals surface area contributed by atoms with E-state index in [2.05, 4.69) is 10.2 Å². The van der Waals surface area contributed by atoms with Gasteiger partial charge < -0.3 is 9.29 Å². The zero-order valence-corrected chi connectivity index (χ0v) is 14.7. The van der Waals surface area contributed by atoms with Gasteiger partial charge in [0.1, 0.15) is 16.3 Å². The van der Waals surface area contributed by atoms with Gasteiger partial charge in [-0.2, -0.15) is 13.5 Å². The van der Waals surface area contributed by atoms with Crippen LogP contribution in [0.3, 0.4) is 0 Å². The Bertz CT molecular complexity index is 1030. The van der Waals surface area contributed by atoms with Gasteiger partial charge in [-0.1, -0.05) is 29.8 Å². The molecule has 0 saturated heterocycles. The second kappa shape index (κ2) is 7.37. The quantitative estimate of drug-likeness (QED) is 0.513. The van der Waals surface area contributed by atoms with E-state index in [4.69, 9.17) is 4.18 Å². The molecule has 0 amide bonds. The third-order valence-electron chi connectivity index (χ3n) is 3.50. The fourth-order valence-corrected chi connectivity index (χ4v) is 3.06. The van der Waals surface area contributed by atoms with Crippen molar-refractivity contribution in [1.29, 1.82) is 0 Å². The summed E-state index contributed by atoms with van der Waals surface area (Å²) in [5.74, 6) is 0.201. The van der Waals surface area contributed by atoms with Gasteiger partial charge in [-0.25, -0.2) is 0 Å². The Hall–Kier alpha value is -3.19. The molecule has 0 atom stereocenters. The third-order valence-corrected chi connectivity index (χ3v) is 4.75. The van der Waals surface area contributed by atoms with E-state index in [1.165, 1.54) is 30.3 Å². The van der Waals surface area contributed by atoms with Crippen molar-refractivity contribution in [3.05, 3.63) is 78.4 Å². The minimum absolute atomic E-state index is 0.0633. The van der Waals surface area contributed by atoms with Gasteiger partial charge in [0, 0.05) is 0 Å². The van der Waals surface area contributed by atoms with E-state index >= 15 is 0 Å². The Balaban J connectivity index is 1.87. The number of benzene rings is 3. The highest BCUT2D eigenvalue weighted by Gasteiger charge is 2.18. The van der Waals surface area contributed by atoms with Crippen molar-refractivity contribution in [2.45, 2.75) is 11.8 Å². The first-order valence-electron chi connectivity index (χ1n) is 7.75. The van der Waals surface area contributed by atoms with Crippen molar-refractivity contribution in [2.24, 2.45) is 10.2 Å². The highest BCUT2D eigenvalue weighted by Crippen LogP contribution is 2.31. The maximum atomic E-state index is 12.5. The number of azo groups is 1. The summed E-state index contributed by atoms with van der Waals surface area (Å²) in [6, 6.07) is 19.0. The van der Waals surface area contributed by atoms with E-state index in [0.29, 0.717) is 5.69 Å². The number of phenolic OH excluding ortho intramolecular Hbond substituents is 1. The number of aryl methyl sites for hydroxylation is 1. The molecule has 0 bridgehead atoms. The van der Waals surface area contributed by atoms with Crippen LogP contribution in [0.5, 0.6) is 11.5 Å². The molecule has 7 heteroatoms. The number of hydrogen-bond donors (Lipinski definition) is 1. The Kier molecular flexibility index (Phi) is 4.99. The lowest BCUT2D eigenvalue weighted by Gasteiger charge is -2.08. The van der Waals surface area contributed by atoms with E-state index in [1.54, 1.807) is 42.5 Å². The molecule has 1 N–H and O–H groups in total. The van der Waals surface area contributed by atoms with Crippen molar-refractivity contribution in [2.75, 3.05) is 0 Å². The van der Waals surface area contributed by atoms with Gasteiger partial charge in [-0.3, -0.25) is 0 Å².